The molecule has 1 saturated heterocycles. The summed E-state index contributed by atoms with van der Waals surface area (Å²) in [4.78, 5) is 36.9. The van der Waals surface area contributed by atoms with Gasteiger partial charge in [0.2, 0.25) is 5.91 Å². The van der Waals surface area contributed by atoms with E-state index in [0.717, 1.165) is 0 Å². The normalized spacial score (nSPS) is 14.5. The number of hydrogen-bond donors (Lipinski definition) is 1. The van der Waals surface area contributed by atoms with Crippen LogP contribution in [-0.4, -0.2) is 54.8 Å². The van der Waals surface area contributed by atoms with E-state index in [1.165, 1.54) is 6.92 Å². The fourth-order valence-electron chi connectivity index (χ4n) is 2.97. The van der Waals surface area contributed by atoms with Crippen LogP contribution in [-0.2, 0) is 14.4 Å². The Hall–Kier alpha value is -2.57. The summed E-state index contributed by atoms with van der Waals surface area (Å²) < 4.78 is 11.0. The van der Waals surface area contributed by atoms with E-state index in [4.69, 9.17) is 9.47 Å². The third-order valence-corrected chi connectivity index (χ3v) is 4.41. The van der Waals surface area contributed by atoms with Crippen LogP contribution in [0.5, 0.6) is 11.5 Å². The molecular weight excluding hydrogens is 348 g/mol. The molecule has 0 bridgehead atoms. The number of piperidine rings is 1. The fraction of sp³-hybridized carbons (Fsp3) is 0.550. The summed E-state index contributed by atoms with van der Waals surface area (Å²) in [7, 11) is 0. The van der Waals surface area contributed by atoms with Crippen molar-refractivity contribution in [3.63, 3.8) is 0 Å². The number of amides is 2. The smallest absolute Gasteiger partial charge is 0.258 e. The summed E-state index contributed by atoms with van der Waals surface area (Å²) in [5, 5.41) is 2.95. The SMILES string of the molecule is CCOc1ccccc1OCC(=O)NC1CCN(C(=O)CCC(C)=O)CC1. The lowest BCUT2D eigenvalue weighted by molar-refractivity contribution is -0.134. The third kappa shape index (κ3) is 6.92. The molecule has 1 aliphatic rings. The molecule has 1 N–H and O–H groups in total. The number of para-hydroxylation sites is 2. The highest BCUT2D eigenvalue weighted by Gasteiger charge is 2.24. The zero-order valence-corrected chi connectivity index (χ0v) is 16.0. The van der Waals surface area contributed by atoms with Gasteiger partial charge in [0.1, 0.15) is 5.78 Å². The second-order valence-electron chi connectivity index (χ2n) is 6.59. The van der Waals surface area contributed by atoms with Gasteiger partial charge in [0.25, 0.3) is 5.91 Å². The second-order valence-corrected chi connectivity index (χ2v) is 6.59. The number of hydrogen-bond acceptors (Lipinski definition) is 5. The van der Waals surface area contributed by atoms with Crippen LogP contribution in [0.3, 0.4) is 0 Å². The van der Waals surface area contributed by atoms with E-state index in [2.05, 4.69) is 5.32 Å². The molecule has 0 saturated carbocycles. The number of ketones is 1. The van der Waals surface area contributed by atoms with Crippen LogP contribution in [0.25, 0.3) is 0 Å². The zero-order chi connectivity index (χ0) is 19.6. The van der Waals surface area contributed by atoms with Gasteiger partial charge in [-0.15, -0.1) is 0 Å². The fourth-order valence-corrected chi connectivity index (χ4v) is 2.97. The lowest BCUT2D eigenvalue weighted by Gasteiger charge is -2.32. The third-order valence-electron chi connectivity index (χ3n) is 4.41. The summed E-state index contributed by atoms with van der Waals surface area (Å²) in [5.74, 6) is 0.996. The Morgan fingerprint density at radius 3 is 2.30 bits per heavy atom. The Balaban J connectivity index is 1.72. The predicted octanol–water partition coefficient (Wildman–Crippen LogP) is 1.94. The van der Waals surface area contributed by atoms with Crippen molar-refractivity contribution in [3.05, 3.63) is 24.3 Å². The number of nitrogens with one attached hydrogen (secondary N) is 1. The minimum Gasteiger partial charge on any atom is -0.490 e. The average molecular weight is 376 g/mol. The first-order valence-electron chi connectivity index (χ1n) is 9.40. The Labute approximate surface area is 160 Å². The van der Waals surface area contributed by atoms with Crippen LogP contribution in [0.2, 0.25) is 0 Å². The second kappa shape index (κ2) is 10.5. The van der Waals surface area contributed by atoms with Gasteiger partial charge in [-0.2, -0.15) is 0 Å². The number of ether oxygens (including phenoxy) is 2. The number of Topliss-reactive ketones (excluding diaryl/α,β-unsaturated/α-hetero) is 1. The largest absolute Gasteiger partial charge is 0.490 e. The highest BCUT2D eigenvalue weighted by Crippen LogP contribution is 2.26. The van der Waals surface area contributed by atoms with Crippen LogP contribution >= 0.6 is 0 Å². The Morgan fingerprint density at radius 2 is 1.70 bits per heavy atom. The molecule has 1 aliphatic heterocycles. The molecule has 0 aliphatic carbocycles. The highest BCUT2D eigenvalue weighted by atomic mass is 16.5. The molecule has 27 heavy (non-hydrogen) atoms. The molecular formula is C20H28N2O5. The molecule has 0 spiro atoms. The predicted molar refractivity (Wildman–Crippen MR) is 101 cm³/mol. The zero-order valence-electron chi connectivity index (χ0n) is 16.0. The van der Waals surface area contributed by atoms with Crippen molar-refractivity contribution in [1.29, 1.82) is 0 Å². The molecule has 0 aromatic heterocycles. The van der Waals surface area contributed by atoms with E-state index in [0.29, 0.717) is 44.0 Å². The summed E-state index contributed by atoms with van der Waals surface area (Å²) >= 11 is 0. The van der Waals surface area contributed by atoms with E-state index < -0.39 is 0 Å². The first-order chi connectivity index (χ1) is 13.0. The number of rotatable bonds is 9. The van der Waals surface area contributed by atoms with Gasteiger partial charge in [-0.25, -0.2) is 0 Å². The van der Waals surface area contributed by atoms with Gasteiger partial charge >= 0.3 is 0 Å². The van der Waals surface area contributed by atoms with E-state index in [9.17, 15) is 14.4 Å². The van der Waals surface area contributed by atoms with Gasteiger partial charge in [0, 0.05) is 32.0 Å². The number of carbonyl (C=O) groups excluding carboxylic acids is 3. The minimum atomic E-state index is -0.192. The molecule has 0 radical (unpaired) electrons. The van der Waals surface area contributed by atoms with Crippen LogP contribution < -0.4 is 14.8 Å². The molecule has 1 aromatic carbocycles. The van der Waals surface area contributed by atoms with Gasteiger partial charge in [-0.3, -0.25) is 9.59 Å². The lowest BCUT2D eigenvalue weighted by Crippen LogP contribution is -2.47. The highest BCUT2D eigenvalue weighted by molar-refractivity contribution is 5.83. The monoisotopic (exact) mass is 376 g/mol. The number of likely N-dealkylation sites (tertiary alicyclic amines) is 1. The minimum absolute atomic E-state index is 0.00541. The molecule has 1 aromatic rings. The van der Waals surface area contributed by atoms with Crippen LogP contribution in [0, 0.1) is 0 Å². The van der Waals surface area contributed by atoms with Crippen molar-refractivity contribution >= 4 is 17.6 Å². The van der Waals surface area contributed by atoms with Crippen molar-refractivity contribution in [2.45, 2.75) is 45.6 Å². The molecule has 0 atom stereocenters. The Kier molecular flexibility index (Phi) is 8.10. The van der Waals surface area contributed by atoms with Crippen molar-refractivity contribution in [2.75, 3.05) is 26.3 Å². The standard InChI is InChI=1S/C20H28N2O5/c1-3-26-17-6-4-5-7-18(17)27-14-19(24)21-16-10-12-22(13-11-16)20(25)9-8-15(2)23/h4-7,16H,3,8-14H2,1-2H3,(H,21,24). The molecule has 148 valence electrons. The van der Waals surface area contributed by atoms with Gasteiger partial charge in [-0.1, -0.05) is 12.1 Å². The number of benzene rings is 1. The number of nitrogens with zero attached hydrogens (tertiary/aromatic N) is 1. The van der Waals surface area contributed by atoms with E-state index in [1.807, 2.05) is 19.1 Å². The summed E-state index contributed by atoms with van der Waals surface area (Å²) in [6, 6.07) is 7.27. The molecule has 7 heteroatoms. The molecule has 2 rings (SSSR count). The number of carbonyl (C=O) groups is 3. The summed E-state index contributed by atoms with van der Waals surface area (Å²) in [6.07, 6.45) is 1.95. The van der Waals surface area contributed by atoms with Crippen LogP contribution in [0.15, 0.2) is 24.3 Å². The molecule has 0 unspecified atom stereocenters. The lowest BCUT2D eigenvalue weighted by atomic mass is 10.0. The molecule has 1 fully saturated rings. The van der Waals surface area contributed by atoms with E-state index >= 15 is 0 Å². The first-order valence-corrected chi connectivity index (χ1v) is 9.40. The van der Waals surface area contributed by atoms with E-state index in [1.54, 1.807) is 17.0 Å². The van der Waals surface area contributed by atoms with Crippen molar-refractivity contribution in [2.24, 2.45) is 0 Å². The summed E-state index contributed by atoms with van der Waals surface area (Å²) in [6.45, 7) is 5.01. The van der Waals surface area contributed by atoms with Crippen molar-refractivity contribution in [3.8, 4) is 11.5 Å². The van der Waals surface area contributed by atoms with Crippen LogP contribution in [0.4, 0.5) is 0 Å². The van der Waals surface area contributed by atoms with Crippen LogP contribution in [0.1, 0.15) is 39.5 Å². The topological polar surface area (TPSA) is 84.9 Å². The Bertz CT molecular complexity index is 654. The van der Waals surface area contributed by atoms with Crippen molar-refractivity contribution in [1.82, 2.24) is 10.2 Å². The maximum Gasteiger partial charge on any atom is 0.258 e. The van der Waals surface area contributed by atoms with Gasteiger partial charge in [0.05, 0.1) is 6.61 Å². The van der Waals surface area contributed by atoms with Gasteiger partial charge < -0.3 is 24.5 Å². The molecule has 2 amide bonds. The maximum absolute atomic E-state index is 12.2. The van der Waals surface area contributed by atoms with Gasteiger partial charge in [0.15, 0.2) is 18.1 Å². The Morgan fingerprint density at radius 1 is 1.07 bits per heavy atom. The molecule has 7 nitrogen and oxygen atoms in total. The maximum atomic E-state index is 12.2. The average Bonchev–Trinajstić information content (AvgIpc) is 2.66. The first kappa shape index (κ1) is 20.7. The van der Waals surface area contributed by atoms with Gasteiger partial charge in [-0.05, 0) is 38.8 Å². The van der Waals surface area contributed by atoms with E-state index in [-0.39, 0.29) is 43.1 Å². The summed E-state index contributed by atoms with van der Waals surface area (Å²) in [5.41, 5.74) is 0. The molecule has 1 heterocycles. The van der Waals surface area contributed by atoms with Crippen molar-refractivity contribution < 1.29 is 23.9 Å². The quantitative estimate of drug-likeness (QED) is 0.712.